The van der Waals surface area contributed by atoms with E-state index in [1.165, 1.54) is 51.4 Å². The molecule has 1 unspecified atom stereocenters. The quantitative estimate of drug-likeness (QED) is 0.559. The minimum Gasteiger partial charge on any atom is -0.393 e. The second-order valence-electron chi connectivity index (χ2n) is 13.3. The molecule has 0 radical (unpaired) electrons. The van der Waals surface area contributed by atoms with Gasteiger partial charge in [-0.05, 0) is 111 Å². The summed E-state index contributed by atoms with van der Waals surface area (Å²) in [6.45, 7) is 11.3. The number of aliphatic hydroxyl groups is 1. The molecule has 12 atom stereocenters. The highest BCUT2D eigenvalue weighted by atomic mass is 16.5. The van der Waals surface area contributed by atoms with Crippen LogP contribution in [0.25, 0.3) is 0 Å². The average molecular weight is 416 g/mol. The molecule has 0 amide bonds. The Balaban J connectivity index is 1.26. The number of nitrogens with one attached hydrogen (secondary N) is 1. The summed E-state index contributed by atoms with van der Waals surface area (Å²) in [6.07, 6.45) is 13.2. The minimum absolute atomic E-state index is 0.0319. The van der Waals surface area contributed by atoms with E-state index in [1.807, 2.05) is 0 Å². The van der Waals surface area contributed by atoms with E-state index in [4.69, 9.17) is 4.74 Å². The van der Waals surface area contributed by atoms with Gasteiger partial charge < -0.3 is 9.84 Å². The fourth-order valence-electron chi connectivity index (χ4n) is 10.4. The zero-order chi connectivity index (χ0) is 20.9. The van der Waals surface area contributed by atoms with Gasteiger partial charge in [-0.15, -0.1) is 0 Å². The Morgan fingerprint density at radius 3 is 2.43 bits per heavy atom. The minimum atomic E-state index is -0.0320. The van der Waals surface area contributed by atoms with Crippen molar-refractivity contribution < 1.29 is 9.84 Å². The van der Waals surface area contributed by atoms with Gasteiger partial charge in [0.1, 0.15) is 5.72 Å². The lowest BCUT2D eigenvalue weighted by Gasteiger charge is -2.61. The number of rotatable bonds is 0. The largest absolute Gasteiger partial charge is 0.393 e. The number of hydrogen-bond acceptors (Lipinski definition) is 3. The van der Waals surface area contributed by atoms with E-state index >= 15 is 0 Å². The molecule has 4 aliphatic carbocycles. The third-order valence-electron chi connectivity index (χ3n) is 12.1. The Kier molecular flexibility index (Phi) is 4.58. The molecular weight excluding hydrogens is 370 g/mol. The molecule has 6 rings (SSSR count). The second-order valence-corrected chi connectivity index (χ2v) is 13.3. The van der Waals surface area contributed by atoms with E-state index in [-0.39, 0.29) is 11.8 Å². The van der Waals surface area contributed by atoms with Crippen molar-refractivity contribution in [3.05, 3.63) is 0 Å². The van der Waals surface area contributed by atoms with Crippen molar-refractivity contribution in [2.75, 3.05) is 6.54 Å². The Labute approximate surface area is 184 Å². The maximum Gasteiger partial charge on any atom is 0.122 e. The summed E-state index contributed by atoms with van der Waals surface area (Å²) in [4.78, 5) is 0. The van der Waals surface area contributed by atoms with Crippen LogP contribution in [-0.4, -0.2) is 29.6 Å². The topological polar surface area (TPSA) is 41.5 Å². The van der Waals surface area contributed by atoms with E-state index in [0.717, 1.165) is 54.9 Å². The van der Waals surface area contributed by atoms with Gasteiger partial charge in [-0.1, -0.05) is 27.7 Å². The summed E-state index contributed by atoms with van der Waals surface area (Å²) in [5.74, 6) is 5.57. The summed E-state index contributed by atoms with van der Waals surface area (Å²) in [5.41, 5.74) is 0.919. The van der Waals surface area contributed by atoms with Crippen molar-refractivity contribution in [2.24, 2.45) is 52.3 Å². The highest BCUT2D eigenvalue weighted by molar-refractivity contribution is 5.16. The summed E-state index contributed by atoms with van der Waals surface area (Å²) < 4.78 is 7.01. The predicted molar refractivity (Wildman–Crippen MR) is 120 cm³/mol. The van der Waals surface area contributed by atoms with Crippen LogP contribution in [0.1, 0.15) is 91.9 Å². The van der Waals surface area contributed by atoms with Crippen molar-refractivity contribution in [2.45, 2.75) is 110 Å². The van der Waals surface area contributed by atoms with E-state index in [2.05, 4.69) is 33.0 Å². The molecule has 4 saturated carbocycles. The van der Waals surface area contributed by atoms with Crippen molar-refractivity contribution >= 4 is 0 Å². The van der Waals surface area contributed by atoms with Crippen molar-refractivity contribution in [3.8, 4) is 0 Å². The average Bonchev–Trinajstić information content (AvgIpc) is 3.16. The molecule has 6 aliphatic rings. The maximum atomic E-state index is 10.3. The van der Waals surface area contributed by atoms with Gasteiger partial charge in [0.15, 0.2) is 0 Å². The highest BCUT2D eigenvalue weighted by Gasteiger charge is 2.68. The standard InChI is InChI=1S/C27H45NO2/c1-16-7-12-27(28-15-16)17(2)24-23(30-27)14-22-20-6-5-18-13-19(29)8-10-25(18,3)21(20)9-11-26(22,24)4/h16-24,28-29H,5-15H2,1-4H3/t16-,17+,18+,19+,20-,21+,22+,23+,24?,25+,26-,27-/m1/s1. The van der Waals surface area contributed by atoms with Crippen LogP contribution in [0.3, 0.4) is 0 Å². The first-order chi connectivity index (χ1) is 14.3. The van der Waals surface area contributed by atoms with Gasteiger partial charge in [-0.2, -0.15) is 0 Å². The predicted octanol–water partition coefficient (Wildman–Crippen LogP) is 5.37. The van der Waals surface area contributed by atoms with Crippen molar-refractivity contribution in [3.63, 3.8) is 0 Å². The van der Waals surface area contributed by atoms with Crippen LogP contribution in [0.4, 0.5) is 0 Å². The fourth-order valence-corrected chi connectivity index (χ4v) is 10.4. The van der Waals surface area contributed by atoms with Crippen LogP contribution in [0.2, 0.25) is 0 Å². The van der Waals surface area contributed by atoms with Crippen LogP contribution in [0.5, 0.6) is 0 Å². The third kappa shape index (κ3) is 2.61. The maximum absolute atomic E-state index is 10.3. The molecule has 170 valence electrons. The Morgan fingerprint density at radius 1 is 0.867 bits per heavy atom. The number of fused-ring (bicyclic) bond motifs is 7. The fraction of sp³-hybridized carbons (Fsp3) is 1.00. The van der Waals surface area contributed by atoms with Gasteiger partial charge in [-0.25, -0.2) is 0 Å². The summed E-state index contributed by atoms with van der Waals surface area (Å²) in [7, 11) is 0. The Hall–Kier alpha value is -0.120. The van der Waals surface area contributed by atoms with Gasteiger partial charge in [0.25, 0.3) is 0 Å². The lowest BCUT2D eigenvalue weighted by molar-refractivity contribution is -0.140. The SMILES string of the molecule is C[C@@H]1CC[C@@]2(NC1)O[C@H]1C[C@H]3[C@@H]4CC[C@H]5C[C@@H](O)CC[C@]5(C)[C@H]4CC[C@@]3(C)C1[C@@H]2C. The van der Waals surface area contributed by atoms with Crippen LogP contribution in [-0.2, 0) is 4.74 Å². The first kappa shape index (κ1) is 20.5. The summed E-state index contributed by atoms with van der Waals surface area (Å²) in [5, 5.41) is 14.2. The highest BCUT2D eigenvalue weighted by Crippen LogP contribution is 2.71. The molecule has 1 spiro atoms. The molecule has 3 heteroatoms. The van der Waals surface area contributed by atoms with Gasteiger partial charge in [0.2, 0.25) is 0 Å². The first-order valence-corrected chi connectivity index (χ1v) is 13.4. The van der Waals surface area contributed by atoms with Gasteiger partial charge in [-0.3, -0.25) is 5.32 Å². The second kappa shape index (κ2) is 6.70. The Morgan fingerprint density at radius 2 is 1.67 bits per heavy atom. The molecule has 2 N–H and O–H groups in total. The summed E-state index contributed by atoms with van der Waals surface area (Å²) in [6, 6.07) is 0. The van der Waals surface area contributed by atoms with Crippen LogP contribution in [0.15, 0.2) is 0 Å². The molecule has 2 saturated heterocycles. The van der Waals surface area contributed by atoms with Gasteiger partial charge >= 0.3 is 0 Å². The lowest BCUT2D eigenvalue weighted by Crippen LogP contribution is -2.57. The van der Waals surface area contributed by atoms with Gasteiger partial charge in [0, 0.05) is 12.5 Å². The molecule has 6 fully saturated rings. The van der Waals surface area contributed by atoms with E-state index in [0.29, 0.717) is 22.9 Å². The monoisotopic (exact) mass is 415 g/mol. The van der Waals surface area contributed by atoms with Crippen LogP contribution >= 0.6 is 0 Å². The molecule has 0 aromatic rings. The zero-order valence-corrected chi connectivity index (χ0v) is 19.8. The number of ether oxygens (including phenoxy) is 1. The number of piperidine rings is 1. The first-order valence-electron chi connectivity index (χ1n) is 13.4. The van der Waals surface area contributed by atoms with E-state index < -0.39 is 0 Å². The van der Waals surface area contributed by atoms with E-state index in [1.54, 1.807) is 0 Å². The lowest BCUT2D eigenvalue weighted by atomic mass is 9.44. The van der Waals surface area contributed by atoms with E-state index in [9.17, 15) is 5.11 Å². The molecular formula is C27H45NO2. The third-order valence-corrected chi connectivity index (χ3v) is 12.1. The smallest absolute Gasteiger partial charge is 0.122 e. The van der Waals surface area contributed by atoms with Gasteiger partial charge in [0.05, 0.1) is 12.2 Å². The molecule has 2 heterocycles. The van der Waals surface area contributed by atoms with Crippen LogP contribution < -0.4 is 5.32 Å². The zero-order valence-electron chi connectivity index (χ0n) is 19.8. The summed E-state index contributed by atoms with van der Waals surface area (Å²) >= 11 is 0. The molecule has 0 aromatic heterocycles. The molecule has 30 heavy (non-hydrogen) atoms. The van der Waals surface area contributed by atoms with Crippen molar-refractivity contribution in [1.29, 1.82) is 0 Å². The molecule has 0 aromatic carbocycles. The molecule has 3 nitrogen and oxygen atoms in total. The Bertz CT molecular complexity index is 686. The van der Waals surface area contributed by atoms with Crippen molar-refractivity contribution in [1.82, 2.24) is 5.32 Å². The van der Waals surface area contributed by atoms with Crippen LogP contribution in [0, 0.1) is 52.3 Å². The molecule has 2 aliphatic heterocycles. The number of aliphatic hydroxyl groups excluding tert-OH is 1. The normalized spacial score (nSPS) is 62.5. The molecule has 0 bridgehead atoms. The number of hydrogen-bond donors (Lipinski definition) is 2.